The minimum Gasteiger partial charge on any atom is -0.321 e. The van der Waals surface area contributed by atoms with Gasteiger partial charge in [0.05, 0.1) is 11.6 Å². The topological polar surface area (TPSA) is 56.2 Å². The van der Waals surface area contributed by atoms with E-state index >= 15 is 0 Å². The predicted molar refractivity (Wildman–Crippen MR) is 59.8 cm³/mol. The first-order valence-electron chi connectivity index (χ1n) is 5.61. The zero-order valence-electron chi connectivity index (χ0n) is 9.78. The van der Waals surface area contributed by atoms with Crippen LogP contribution in [0.3, 0.4) is 0 Å². The van der Waals surface area contributed by atoms with Gasteiger partial charge in [-0.15, -0.1) is 10.2 Å². The number of rotatable bonds is 3. The minimum absolute atomic E-state index is 0.359. The molecule has 0 aromatic carbocycles. The quantitative estimate of drug-likeness (QED) is 0.920. The van der Waals surface area contributed by atoms with Crippen LogP contribution in [0.2, 0.25) is 0 Å². The van der Waals surface area contributed by atoms with E-state index in [1.54, 1.807) is 0 Å². The van der Waals surface area contributed by atoms with Gasteiger partial charge >= 0.3 is 6.18 Å². The van der Waals surface area contributed by atoms with Crippen LogP contribution in [-0.2, 0) is 6.18 Å². The molecular formula is C11H13F3N4. The molecule has 98 valence electrons. The number of pyridine rings is 1. The minimum atomic E-state index is -4.38. The maximum Gasteiger partial charge on any atom is 0.417 e. The van der Waals surface area contributed by atoms with Crippen molar-refractivity contribution in [1.29, 1.82) is 0 Å². The monoisotopic (exact) mass is 258 g/mol. The molecule has 2 aromatic rings. The van der Waals surface area contributed by atoms with Crippen LogP contribution in [-0.4, -0.2) is 14.6 Å². The van der Waals surface area contributed by atoms with Crippen molar-refractivity contribution in [1.82, 2.24) is 14.6 Å². The molecule has 7 heteroatoms. The fraction of sp³-hybridized carbons (Fsp3) is 0.455. The number of fused-ring (bicyclic) bond motifs is 1. The Morgan fingerprint density at radius 1 is 1.33 bits per heavy atom. The molecule has 0 amide bonds. The Bertz CT molecular complexity index is 547. The van der Waals surface area contributed by atoms with Crippen molar-refractivity contribution in [3.05, 3.63) is 29.7 Å². The SMILES string of the molecule is CCCC(N)c1nnc2ccc(C(F)(F)F)cn12. The third-order valence-corrected chi connectivity index (χ3v) is 2.69. The first kappa shape index (κ1) is 12.8. The van der Waals surface area contributed by atoms with E-state index in [9.17, 15) is 13.2 Å². The molecule has 2 rings (SSSR count). The zero-order valence-corrected chi connectivity index (χ0v) is 9.78. The molecule has 2 N–H and O–H groups in total. The third-order valence-electron chi connectivity index (χ3n) is 2.69. The molecule has 18 heavy (non-hydrogen) atoms. The van der Waals surface area contributed by atoms with Crippen LogP contribution >= 0.6 is 0 Å². The lowest BCUT2D eigenvalue weighted by atomic mass is 10.1. The van der Waals surface area contributed by atoms with Crippen molar-refractivity contribution in [3.8, 4) is 0 Å². The van der Waals surface area contributed by atoms with Crippen LogP contribution in [0.5, 0.6) is 0 Å². The summed E-state index contributed by atoms with van der Waals surface area (Å²) in [6, 6.07) is 1.87. The molecule has 2 aromatic heterocycles. The molecule has 4 nitrogen and oxygen atoms in total. The van der Waals surface area contributed by atoms with E-state index in [0.29, 0.717) is 17.9 Å². The predicted octanol–water partition coefficient (Wildman–Crippen LogP) is 2.55. The normalized spacial score (nSPS) is 14.1. The van der Waals surface area contributed by atoms with Crippen LogP contribution in [0, 0.1) is 0 Å². The zero-order chi connectivity index (χ0) is 13.3. The van der Waals surface area contributed by atoms with E-state index in [0.717, 1.165) is 18.7 Å². The van der Waals surface area contributed by atoms with Crippen LogP contribution in [0.1, 0.15) is 37.2 Å². The Kier molecular flexibility index (Phi) is 3.25. The summed E-state index contributed by atoms with van der Waals surface area (Å²) >= 11 is 0. The summed E-state index contributed by atoms with van der Waals surface area (Å²) in [6.07, 6.45) is -1.92. The van der Waals surface area contributed by atoms with E-state index in [4.69, 9.17) is 5.73 Å². The van der Waals surface area contributed by atoms with Gasteiger partial charge in [-0.3, -0.25) is 4.40 Å². The highest BCUT2D eigenvalue weighted by molar-refractivity contribution is 5.40. The van der Waals surface area contributed by atoms with E-state index in [-0.39, 0.29) is 0 Å². The van der Waals surface area contributed by atoms with Crippen LogP contribution in [0.4, 0.5) is 13.2 Å². The van der Waals surface area contributed by atoms with Crippen molar-refractivity contribution in [2.45, 2.75) is 32.0 Å². The summed E-state index contributed by atoms with van der Waals surface area (Å²) in [5.74, 6) is 0.359. The number of alkyl halides is 3. The molecule has 0 bridgehead atoms. The average molecular weight is 258 g/mol. The Hall–Kier alpha value is -1.63. The van der Waals surface area contributed by atoms with Gasteiger partial charge in [0.2, 0.25) is 0 Å². The number of nitrogens with zero attached hydrogens (tertiary/aromatic N) is 3. The maximum atomic E-state index is 12.6. The lowest BCUT2D eigenvalue weighted by Crippen LogP contribution is -2.14. The highest BCUT2D eigenvalue weighted by atomic mass is 19.4. The van der Waals surface area contributed by atoms with Gasteiger partial charge in [-0.05, 0) is 18.6 Å². The van der Waals surface area contributed by atoms with Gasteiger partial charge in [-0.2, -0.15) is 13.2 Å². The molecule has 2 heterocycles. The molecule has 0 aliphatic heterocycles. The molecule has 1 unspecified atom stereocenters. The maximum absolute atomic E-state index is 12.6. The van der Waals surface area contributed by atoms with Gasteiger partial charge in [0.1, 0.15) is 0 Å². The Morgan fingerprint density at radius 2 is 2.06 bits per heavy atom. The van der Waals surface area contributed by atoms with E-state index in [1.165, 1.54) is 10.5 Å². The van der Waals surface area contributed by atoms with Crippen LogP contribution < -0.4 is 5.73 Å². The molecule has 0 radical (unpaired) electrons. The van der Waals surface area contributed by atoms with E-state index < -0.39 is 17.8 Å². The van der Waals surface area contributed by atoms with Crippen molar-refractivity contribution < 1.29 is 13.2 Å². The molecule has 0 fully saturated rings. The van der Waals surface area contributed by atoms with Crippen LogP contribution in [0.25, 0.3) is 5.65 Å². The number of nitrogens with two attached hydrogens (primary N) is 1. The summed E-state index contributed by atoms with van der Waals surface area (Å²) < 4.78 is 39.2. The summed E-state index contributed by atoms with van der Waals surface area (Å²) in [6.45, 7) is 1.95. The van der Waals surface area contributed by atoms with Crippen molar-refractivity contribution in [2.24, 2.45) is 5.73 Å². The first-order chi connectivity index (χ1) is 8.43. The second-order valence-electron chi connectivity index (χ2n) is 4.10. The third kappa shape index (κ3) is 2.31. The molecule has 1 atom stereocenters. The second-order valence-corrected chi connectivity index (χ2v) is 4.10. The molecule has 0 spiro atoms. The lowest BCUT2D eigenvalue weighted by molar-refractivity contribution is -0.137. The highest BCUT2D eigenvalue weighted by Crippen LogP contribution is 2.29. The van der Waals surface area contributed by atoms with E-state index in [2.05, 4.69) is 10.2 Å². The first-order valence-corrected chi connectivity index (χ1v) is 5.61. The number of halogens is 3. The Balaban J connectivity index is 2.50. The number of aromatic nitrogens is 3. The highest BCUT2D eigenvalue weighted by Gasteiger charge is 2.31. The standard InChI is InChI=1S/C11H13F3N4/c1-2-3-8(15)10-17-16-9-5-4-7(6-18(9)10)11(12,13)14/h4-6,8H,2-3,15H2,1H3. The molecular weight excluding hydrogens is 245 g/mol. The Labute approximate surface area is 102 Å². The van der Waals surface area contributed by atoms with Crippen molar-refractivity contribution in [2.75, 3.05) is 0 Å². The largest absolute Gasteiger partial charge is 0.417 e. The molecule has 0 saturated heterocycles. The molecule has 0 saturated carbocycles. The van der Waals surface area contributed by atoms with Gasteiger partial charge in [0, 0.05) is 6.20 Å². The van der Waals surface area contributed by atoms with Gasteiger partial charge in [-0.25, -0.2) is 0 Å². The number of hydrogen-bond donors (Lipinski definition) is 1. The smallest absolute Gasteiger partial charge is 0.321 e. The lowest BCUT2D eigenvalue weighted by Gasteiger charge is -2.10. The van der Waals surface area contributed by atoms with Crippen LogP contribution in [0.15, 0.2) is 18.3 Å². The average Bonchev–Trinajstić information content (AvgIpc) is 2.70. The number of hydrogen-bond acceptors (Lipinski definition) is 3. The van der Waals surface area contributed by atoms with Gasteiger partial charge in [0.25, 0.3) is 0 Å². The second kappa shape index (κ2) is 4.56. The van der Waals surface area contributed by atoms with E-state index in [1.807, 2.05) is 6.92 Å². The van der Waals surface area contributed by atoms with Gasteiger partial charge in [0.15, 0.2) is 11.5 Å². The summed E-state index contributed by atoms with van der Waals surface area (Å²) in [7, 11) is 0. The summed E-state index contributed by atoms with van der Waals surface area (Å²) in [5.41, 5.74) is 5.50. The fourth-order valence-electron chi connectivity index (χ4n) is 1.77. The molecule has 0 aliphatic carbocycles. The fourth-order valence-corrected chi connectivity index (χ4v) is 1.77. The summed E-state index contributed by atoms with van der Waals surface area (Å²) in [4.78, 5) is 0. The van der Waals surface area contributed by atoms with Gasteiger partial charge < -0.3 is 5.73 Å². The summed E-state index contributed by atoms with van der Waals surface area (Å²) in [5, 5.41) is 7.67. The van der Waals surface area contributed by atoms with Crippen molar-refractivity contribution >= 4 is 5.65 Å². The Morgan fingerprint density at radius 3 is 2.67 bits per heavy atom. The molecule has 0 aliphatic rings. The van der Waals surface area contributed by atoms with Gasteiger partial charge in [-0.1, -0.05) is 13.3 Å². The van der Waals surface area contributed by atoms with Crippen molar-refractivity contribution in [3.63, 3.8) is 0 Å².